The predicted octanol–water partition coefficient (Wildman–Crippen LogP) is 2.12. The molecule has 1 aliphatic rings. The van der Waals surface area contributed by atoms with Gasteiger partial charge in [-0.1, -0.05) is 12.1 Å². The molecule has 152 valence electrons. The van der Waals surface area contributed by atoms with Crippen LogP contribution < -0.4 is 5.32 Å². The van der Waals surface area contributed by atoms with Crippen LogP contribution in [0.5, 0.6) is 0 Å². The van der Waals surface area contributed by atoms with Gasteiger partial charge in [0.05, 0.1) is 0 Å². The maximum atomic E-state index is 12.8. The van der Waals surface area contributed by atoms with Gasteiger partial charge in [-0.15, -0.1) is 0 Å². The number of carbonyl (C=O) groups excluding carboxylic acids is 2. The number of piperidine rings is 1. The smallest absolute Gasteiger partial charge is 0.303 e. The van der Waals surface area contributed by atoms with Crippen molar-refractivity contribution < 1.29 is 19.5 Å². The molecule has 1 aromatic carbocycles. The Hall–Kier alpha value is -3.29. The minimum Gasteiger partial charge on any atom is -0.481 e. The minimum atomic E-state index is -0.997. The topological polar surface area (TPSA) is 112 Å². The summed E-state index contributed by atoms with van der Waals surface area (Å²) in [7, 11) is 0. The highest BCUT2D eigenvalue weighted by Gasteiger charge is 2.27. The van der Waals surface area contributed by atoms with Gasteiger partial charge in [0.2, 0.25) is 5.91 Å². The first-order valence-electron chi connectivity index (χ1n) is 9.73. The fraction of sp³-hybridized carbons (Fsp3) is 0.381. The summed E-state index contributed by atoms with van der Waals surface area (Å²) in [5.74, 6) is -1.07. The molecule has 1 atom stereocenters. The van der Waals surface area contributed by atoms with E-state index in [-0.39, 0.29) is 18.7 Å². The summed E-state index contributed by atoms with van der Waals surface area (Å²) in [5, 5.41) is 11.7. The lowest BCUT2D eigenvalue weighted by atomic mass is 10.1. The van der Waals surface area contributed by atoms with Gasteiger partial charge in [0.1, 0.15) is 6.04 Å². The van der Waals surface area contributed by atoms with Crippen molar-refractivity contribution in [3.63, 3.8) is 0 Å². The molecule has 0 saturated carbocycles. The molecular weight excluding hydrogens is 372 g/mol. The van der Waals surface area contributed by atoms with Gasteiger partial charge in [-0.25, -0.2) is 9.97 Å². The number of carbonyl (C=O) groups is 3. The van der Waals surface area contributed by atoms with Crippen LogP contribution in [0.2, 0.25) is 0 Å². The van der Waals surface area contributed by atoms with Crippen LogP contribution in [0.25, 0.3) is 11.4 Å². The Morgan fingerprint density at radius 2 is 1.69 bits per heavy atom. The van der Waals surface area contributed by atoms with E-state index in [1.807, 2.05) is 0 Å². The molecule has 8 heteroatoms. The Morgan fingerprint density at radius 1 is 1.03 bits per heavy atom. The number of hydrogen-bond donors (Lipinski definition) is 2. The highest BCUT2D eigenvalue weighted by atomic mass is 16.4. The van der Waals surface area contributed by atoms with Crippen LogP contribution in [-0.2, 0) is 9.59 Å². The second-order valence-corrected chi connectivity index (χ2v) is 6.99. The SMILES string of the molecule is O=C(O)CC[C@H](NC(=O)c1ccc(-c2ncccn2)cc1)C(=O)N1CCCCC1. The van der Waals surface area contributed by atoms with Crippen molar-refractivity contribution in [2.24, 2.45) is 0 Å². The second-order valence-electron chi connectivity index (χ2n) is 6.99. The molecular formula is C21H24N4O4. The third-order valence-electron chi connectivity index (χ3n) is 4.89. The maximum absolute atomic E-state index is 12.8. The standard InChI is InChI=1S/C21H24N4O4/c26-18(27)10-9-17(21(29)25-13-2-1-3-14-25)24-20(28)16-7-5-15(6-8-16)19-22-11-4-12-23-19/h4-8,11-12,17H,1-3,9-10,13-14H2,(H,24,28)(H,26,27)/t17-/m0/s1. The van der Waals surface area contributed by atoms with Crippen molar-refractivity contribution in [1.29, 1.82) is 0 Å². The molecule has 1 aromatic heterocycles. The number of aromatic nitrogens is 2. The number of carboxylic acids is 1. The number of nitrogens with zero attached hydrogens (tertiary/aromatic N) is 3. The first kappa shape index (κ1) is 20.4. The number of hydrogen-bond acceptors (Lipinski definition) is 5. The lowest BCUT2D eigenvalue weighted by Crippen LogP contribution is -2.50. The van der Waals surface area contributed by atoms with E-state index in [0.29, 0.717) is 24.5 Å². The van der Waals surface area contributed by atoms with Gasteiger partial charge >= 0.3 is 5.97 Å². The van der Waals surface area contributed by atoms with Crippen LogP contribution in [0.4, 0.5) is 0 Å². The number of benzene rings is 1. The zero-order chi connectivity index (χ0) is 20.6. The van der Waals surface area contributed by atoms with Gasteiger partial charge in [0, 0.05) is 43.0 Å². The van der Waals surface area contributed by atoms with Gasteiger partial charge in [-0.05, 0) is 43.9 Å². The van der Waals surface area contributed by atoms with Crippen molar-refractivity contribution >= 4 is 17.8 Å². The third-order valence-corrected chi connectivity index (χ3v) is 4.89. The van der Waals surface area contributed by atoms with Gasteiger partial charge < -0.3 is 15.3 Å². The Balaban J connectivity index is 1.69. The molecule has 0 bridgehead atoms. The number of rotatable bonds is 7. The van der Waals surface area contributed by atoms with E-state index < -0.39 is 17.9 Å². The Morgan fingerprint density at radius 3 is 2.31 bits per heavy atom. The minimum absolute atomic E-state index is 0.0619. The van der Waals surface area contributed by atoms with Crippen LogP contribution in [0.3, 0.4) is 0 Å². The molecule has 0 spiro atoms. The van der Waals surface area contributed by atoms with Gasteiger partial charge in [-0.2, -0.15) is 0 Å². The lowest BCUT2D eigenvalue weighted by molar-refractivity contribution is -0.138. The summed E-state index contributed by atoms with van der Waals surface area (Å²) < 4.78 is 0. The van der Waals surface area contributed by atoms with Crippen LogP contribution in [0.15, 0.2) is 42.7 Å². The van der Waals surface area contributed by atoms with Crippen LogP contribution >= 0.6 is 0 Å². The van der Waals surface area contributed by atoms with E-state index >= 15 is 0 Å². The third kappa shape index (κ3) is 5.60. The summed E-state index contributed by atoms with van der Waals surface area (Å²) in [6.07, 6.45) is 6.09. The zero-order valence-corrected chi connectivity index (χ0v) is 16.1. The largest absolute Gasteiger partial charge is 0.481 e. The van der Waals surface area contributed by atoms with Gasteiger partial charge in [-0.3, -0.25) is 14.4 Å². The van der Waals surface area contributed by atoms with Crippen molar-refractivity contribution in [2.75, 3.05) is 13.1 Å². The lowest BCUT2D eigenvalue weighted by Gasteiger charge is -2.30. The number of carboxylic acid groups (broad SMARTS) is 1. The zero-order valence-electron chi connectivity index (χ0n) is 16.1. The fourth-order valence-corrected chi connectivity index (χ4v) is 3.32. The highest BCUT2D eigenvalue weighted by molar-refractivity contribution is 5.98. The van der Waals surface area contributed by atoms with E-state index in [4.69, 9.17) is 5.11 Å². The molecule has 29 heavy (non-hydrogen) atoms. The van der Waals surface area contributed by atoms with Crippen molar-refractivity contribution in [3.8, 4) is 11.4 Å². The predicted molar refractivity (Wildman–Crippen MR) is 106 cm³/mol. The number of likely N-dealkylation sites (tertiary alicyclic amines) is 1. The Labute approximate surface area is 169 Å². The van der Waals surface area contributed by atoms with Crippen LogP contribution in [0, 0.1) is 0 Å². The highest BCUT2D eigenvalue weighted by Crippen LogP contribution is 2.16. The first-order valence-corrected chi connectivity index (χ1v) is 9.73. The Kier molecular flexibility index (Phi) is 6.89. The molecule has 1 saturated heterocycles. The molecule has 3 rings (SSSR count). The van der Waals surface area contributed by atoms with Crippen LogP contribution in [-0.4, -0.2) is 56.9 Å². The fourth-order valence-electron chi connectivity index (χ4n) is 3.32. The average Bonchev–Trinajstić information content (AvgIpc) is 2.77. The molecule has 2 aromatic rings. The van der Waals surface area contributed by atoms with Gasteiger partial charge in [0.25, 0.3) is 5.91 Å². The monoisotopic (exact) mass is 396 g/mol. The van der Waals surface area contributed by atoms with Crippen molar-refractivity contribution in [1.82, 2.24) is 20.2 Å². The molecule has 1 fully saturated rings. The normalized spacial score (nSPS) is 14.8. The molecule has 2 heterocycles. The molecule has 1 aliphatic heterocycles. The molecule has 0 radical (unpaired) electrons. The van der Waals surface area contributed by atoms with E-state index in [1.165, 1.54) is 0 Å². The Bertz CT molecular complexity index is 849. The van der Waals surface area contributed by atoms with Gasteiger partial charge in [0.15, 0.2) is 5.82 Å². The molecule has 2 amide bonds. The second kappa shape index (κ2) is 9.77. The number of nitrogens with one attached hydrogen (secondary N) is 1. The summed E-state index contributed by atoms with van der Waals surface area (Å²) in [5.41, 5.74) is 1.16. The number of aliphatic carboxylic acids is 1. The molecule has 0 aliphatic carbocycles. The quantitative estimate of drug-likeness (QED) is 0.741. The summed E-state index contributed by atoms with van der Waals surface area (Å²) in [6, 6.07) is 7.63. The van der Waals surface area contributed by atoms with E-state index in [9.17, 15) is 14.4 Å². The molecule has 2 N–H and O–H groups in total. The average molecular weight is 396 g/mol. The van der Waals surface area contributed by atoms with Crippen molar-refractivity contribution in [3.05, 3.63) is 48.3 Å². The van der Waals surface area contributed by atoms with E-state index in [1.54, 1.807) is 47.6 Å². The van der Waals surface area contributed by atoms with Crippen molar-refractivity contribution in [2.45, 2.75) is 38.1 Å². The summed E-state index contributed by atoms with van der Waals surface area (Å²) >= 11 is 0. The maximum Gasteiger partial charge on any atom is 0.303 e. The van der Waals surface area contributed by atoms with Crippen LogP contribution in [0.1, 0.15) is 42.5 Å². The summed E-state index contributed by atoms with van der Waals surface area (Å²) in [4.78, 5) is 46.5. The molecule has 8 nitrogen and oxygen atoms in total. The first-order chi connectivity index (χ1) is 14.0. The summed E-state index contributed by atoms with van der Waals surface area (Å²) in [6.45, 7) is 1.29. The van der Waals surface area contributed by atoms with E-state index in [2.05, 4.69) is 15.3 Å². The molecule has 0 unspecified atom stereocenters. The van der Waals surface area contributed by atoms with E-state index in [0.717, 1.165) is 24.8 Å². The number of amides is 2.